The fraction of sp³-hybridized carbons (Fsp3) is 0.100. The third-order valence-corrected chi connectivity index (χ3v) is 1.43. The molecule has 2 heteroatoms. The number of rotatable bonds is 3. The van der Waals surface area contributed by atoms with Gasteiger partial charge in [0.25, 0.3) is 0 Å². The van der Waals surface area contributed by atoms with E-state index < -0.39 is 0 Å². The number of nitrogens with zero attached hydrogens (tertiary/aromatic N) is 1. The highest BCUT2D eigenvalue weighted by atomic mass is 16.4. The lowest BCUT2D eigenvalue weighted by Crippen LogP contribution is -1.70. The van der Waals surface area contributed by atoms with Crippen LogP contribution in [0.3, 0.4) is 0 Å². The minimum absolute atomic E-state index is 0.658. The quantitative estimate of drug-likeness (QED) is 0.412. The number of benzene rings is 1. The Hall–Kier alpha value is -1.57. The summed E-state index contributed by atoms with van der Waals surface area (Å²) in [5.41, 5.74) is 1.16. The summed E-state index contributed by atoms with van der Waals surface area (Å²) in [7, 11) is 0. The van der Waals surface area contributed by atoms with Crippen LogP contribution in [0, 0.1) is 0 Å². The Bertz CT molecular complexity index is 264. The molecule has 0 unspecified atom stereocenters. The number of oxime groups is 1. The van der Waals surface area contributed by atoms with E-state index in [0.29, 0.717) is 6.42 Å². The van der Waals surface area contributed by atoms with Crippen molar-refractivity contribution >= 4 is 12.3 Å². The zero-order valence-electron chi connectivity index (χ0n) is 6.72. The Labute approximate surface area is 71.8 Å². The van der Waals surface area contributed by atoms with Crippen LogP contribution in [0.5, 0.6) is 0 Å². The average Bonchev–Trinajstić information content (AvgIpc) is 2.14. The van der Waals surface area contributed by atoms with E-state index in [2.05, 4.69) is 5.16 Å². The molecule has 0 amide bonds. The molecule has 1 rings (SSSR count). The first kappa shape index (κ1) is 8.53. The SMILES string of the molecule is O/N=C/C/C=C/c1ccccc1. The molecule has 1 aromatic rings. The molecule has 0 bridgehead atoms. The fourth-order valence-electron chi connectivity index (χ4n) is 0.876. The fourth-order valence-corrected chi connectivity index (χ4v) is 0.876. The predicted octanol–water partition coefficient (Wildman–Crippen LogP) is 2.55. The van der Waals surface area contributed by atoms with Gasteiger partial charge in [-0.15, -0.1) is 5.16 Å². The largest absolute Gasteiger partial charge is 0.411 e. The summed E-state index contributed by atoms with van der Waals surface area (Å²) >= 11 is 0. The predicted molar refractivity (Wildman–Crippen MR) is 50.4 cm³/mol. The van der Waals surface area contributed by atoms with Gasteiger partial charge >= 0.3 is 0 Å². The number of hydrogen-bond donors (Lipinski definition) is 1. The van der Waals surface area contributed by atoms with Gasteiger partial charge in [-0.05, 0) is 5.56 Å². The van der Waals surface area contributed by atoms with Crippen molar-refractivity contribution in [2.24, 2.45) is 5.16 Å². The first-order valence-corrected chi connectivity index (χ1v) is 3.81. The van der Waals surface area contributed by atoms with E-state index in [1.165, 1.54) is 6.21 Å². The second-order valence-corrected chi connectivity index (χ2v) is 2.35. The summed E-state index contributed by atoms with van der Waals surface area (Å²) in [6.07, 6.45) is 6.03. The van der Waals surface area contributed by atoms with Gasteiger partial charge in [-0.3, -0.25) is 0 Å². The molecular formula is C10H11NO. The Morgan fingerprint density at radius 2 is 2.00 bits per heavy atom. The van der Waals surface area contributed by atoms with Gasteiger partial charge in [0.1, 0.15) is 0 Å². The smallest absolute Gasteiger partial charge is 0.0473 e. The first-order valence-electron chi connectivity index (χ1n) is 3.81. The standard InChI is InChI=1S/C10H11NO/c12-11-9-5-4-8-10-6-2-1-3-7-10/h1-4,6-9,12H,5H2/b8-4+,11-9+. The molecule has 2 nitrogen and oxygen atoms in total. The molecule has 0 atom stereocenters. The molecule has 0 radical (unpaired) electrons. The maximum atomic E-state index is 8.10. The van der Waals surface area contributed by atoms with E-state index in [0.717, 1.165) is 5.56 Å². The van der Waals surface area contributed by atoms with Gasteiger partial charge in [0, 0.05) is 12.6 Å². The topological polar surface area (TPSA) is 32.6 Å². The van der Waals surface area contributed by atoms with Gasteiger partial charge in [-0.2, -0.15) is 0 Å². The van der Waals surface area contributed by atoms with Gasteiger partial charge in [-0.25, -0.2) is 0 Å². The van der Waals surface area contributed by atoms with E-state index in [4.69, 9.17) is 5.21 Å². The van der Waals surface area contributed by atoms with Gasteiger partial charge < -0.3 is 5.21 Å². The van der Waals surface area contributed by atoms with Crippen molar-refractivity contribution in [3.05, 3.63) is 42.0 Å². The van der Waals surface area contributed by atoms with Crippen molar-refractivity contribution in [2.75, 3.05) is 0 Å². The Morgan fingerprint density at radius 1 is 1.25 bits per heavy atom. The average molecular weight is 161 g/mol. The molecule has 0 aromatic heterocycles. The molecule has 0 aliphatic rings. The summed E-state index contributed by atoms with van der Waals surface area (Å²) < 4.78 is 0. The summed E-state index contributed by atoms with van der Waals surface area (Å²) in [4.78, 5) is 0. The molecule has 0 heterocycles. The highest BCUT2D eigenvalue weighted by molar-refractivity contribution is 5.61. The van der Waals surface area contributed by atoms with Gasteiger partial charge in [0.05, 0.1) is 0 Å². The molecule has 0 fully saturated rings. The minimum atomic E-state index is 0.658. The van der Waals surface area contributed by atoms with E-state index in [1.807, 2.05) is 42.5 Å². The molecule has 0 saturated carbocycles. The first-order chi connectivity index (χ1) is 5.93. The summed E-state index contributed by atoms with van der Waals surface area (Å²) in [5, 5.41) is 11.0. The monoisotopic (exact) mass is 161 g/mol. The van der Waals surface area contributed by atoms with Crippen LogP contribution in [0.15, 0.2) is 41.6 Å². The molecule has 0 aliphatic carbocycles. The second-order valence-electron chi connectivity index (χ2n) is 2.35. The number of hydrogen-bond acceptors (Lipinski definition) is 2. The Kier molecular flexibility index (Phi) is 3.64. The van der Waals surface area contributed by atoms with Crippen molar-refractivity contribution in [3.8, 4) is 0 Å². The lowest BCUT2D eigenvalue weighted by molar-refractivity contribution is 0.321. The molecule has 1 N–H and O–H groups in total. The summed E-state index contributed by atoms with van der Waals surface area (Å²) in [6.45, 7) is 0. The molecule has 12 heavy (non-hydrogen) atoms. The maximum Gasteiger partial charge on any atom is 0.0473 e. The van der Waals surface area contributed by atoms with Crippen LogP contribution in [-0.2, 0) is 0 Å². The minimum Gasteiger partial charge on any atom is -0.411 e. The van der Waals surface area contributed by atoms with Crippen molar-refractivity contribution < 1.29 is 5.21 Å². The van der Waals surface area contributed by atoms with Crippen LogP contribution in [-0.4, -0.2) is 11.4 Å². The third kappa shape index (κ3) is 3.01. The van der Waals surface area contributed by atoms with Crippen LogP contribution >= 0.6 is 0 Å². The zero-order chi connectivity index (χ0) is 8.65. The summed E-state index contributed by atoms with van der Waals surface area (Å²) in [5.74, 6) is 0. The lowest BCUT2D eigenvalue weighted by Gasteiger charge is -1.88. The number of allylic oxidation sites excluding steroid dienone is 1. The Morgan fingerprint density at radius 3 is 2.67 bits per heavy atom. The van der Waals surface area contributed by atoms with Crippen LogP contribution in [0.4, 0.5) is 0 Å². The van der Waals surface area contributed by atoms with Crippen molar-refractivity contribution in [2.45, 2.75) is 6.42 Å². The van der Waals surface area contributed by atoms with E-state index >= 15 is 0 Å². The third-order valence-electron chi connectivity index (χ3n) is 1.43. The Balaban J connectivity index is 2.47. The van der Waals surface area contributed by atoms with Gasteiger partial charge in [-0.1, -0.05) is 42.5 Å². The van der Waals surface area contributed by atoms with Gasteiger partial charge in [0.2, 0.25) is 0 Å². The lowest BCUT2D eigenvalue weighted by atomic mass is 10.2. The molecular weight excluding hydrogens is 150 g/mol. The van der Waals surface area contributed by atoms with E-state index in [1.54, 1.807) is 0 Å². The van der Waals surface area contributed by atoms with Crippen molar-refractivity contribution in [1.82, 2.24) is 0 Å². The van der Waals surface area contributed by atoms with Crippen molar-refractivity contribution in [3.63, 3.8) is 0 Å². The molecule has 0 spiro atoms. The normalized spacial score (nSPS) is 11.3. The second kappa shape index (κ2) is 5.13. The maximum absolute atomic E-state index is 8.10. The van der Waals surface area contributed by atoms with Gasteiger partial charge in [0.15, 0.2) is 0 Å². The van der Waals surface area contributed by atoms with Crippen LogP contribution in [0.1, 0.15) is 12.0 Å². The summed E-state index contributed by atoms with van der Waals surface area (Å²) in [6, 6.07) is 9.99. The zero-order valence-corrected chi connectivity index (χ0v) is 6.72. The molecule has 1 aromatic carbocycles. The molecule has 62 valence electrons. The van der Waals surface area contributed by atoms with Crippen LogP contribution < -0.4 is 0 Å². The highest BCUT2D eigenvalue weighted by Gasteiger charge is 1.80. The van der Waals surface area contributed by atoms with Crippen molar-refractivity contribution in [1.29, 1.82) is 0 Å². The van der Waals surface area contributed by atoms with Crippen LogP contribution in [0.2, 0.25) is 0 Å². The van der Waals surface area contributed by atoms with E-state index in [9.17, 15) is 0 Å². The highest BCUT2D eigenvalue weighted by Crippen LogP contribution is 2.00. The molecule has 0 aliphatic heterocycles. The van der Waals surface area contributed by atoms with Crippen LogP contribution in [0.25, 0.3) is 6.08 Å². The molecule has 0 saturated heterocycles. The van der Waals surface area contributed by atoms with E-state index in [-0.39, 0.29) is 0 Å².